The van der Waals surface area contributed by atoms with Crippen molar-refractivity contribution in [1.29, 1.82) is 0 Å². The minimum atomic E-state index is -1.24. The molecule has 0 saturated heterocycles. The van der Waals surface area contributed by atoms with Gasteiger partial charge in [-0.05, 0) is 60.2 Å². The van der Waals surface area contributed by atoms with Crippen LogP contribution in [0.4, 0.5) is 0 Å². The van der Waals surface area contributed by atoms with E-state index in [2.05, 4.69) is 209 Å². The van der Waals surface area contributed by atoms with Crippen molar-refractivity contribution in [3.05, 3.63) is 157 Å². The van der Waals surface area contributed by atoms with E-state index >= 15 is 0 Å². The average molecular weight is 760 g/mol. The smallest absolute Gasteiger partial charge is 0.0780 e. The summed E-state index contributed by atoms with van der Waals surface area (Å²) < 4.78 is 0. The summed E-state index contributed by atoms with van der Waals surface area (Å²) in [6.07, 6.45) is 5.69. The third-order valence-electron chi connectivity index (χ3n) is 9.60. The van der Waals surface area contributed by atoms with Crippen LogP contribution in [-0.4, -0.2) is 39.2 Å². The number of pyridine rings is 3. The monoisotopic (exact) mass is 759 g/mol. The lowest BCUT2D eigenvalue weighted by atomic mass is 10.0. The molecule has 0 amide bonds. The largest absolute Gasteiger partial charge is 0.256 e. The zero-order valence-corrected chi connectivity index (χ0v) is 37.2. The summed E-state index contributed by atoms with van der Waals surface area (Å²) >= 11 is 0. The number of aryl methyl sites for hydroxylation is 2. The maximum Gasteiger partial charge on any atom is 0.0780 e. The van der Waals surface area contributed by atoms with Crippen molar-refractivity contribution in [2.24, 2.45) is 0 Å². The highest BCUT2D eigenvalue weighted by Gasteiger charge is 2.18. The molecule has 0 N–H and O–H groups in total. The van der Waals surface area contributed by atoms with E-state index in [1.54, 1.807) is 0 Å². The molecule has 0 radical (unpaired) electrons. The lowest BCUT2D eigenvalue weighted by molar-refractivity contribution is 1.27. The van der Waals surface area contributed by atoms with Crippen LogP contribution in [0.3, 0.4) is 0 Å². The molecular formula is C48H57N3Si3. The van der Waals surface area contributed by atoms with Crippen LogP contribution in [0.5, 0.6) is 0 Å². The molecule has 3 aromatic heterocycles. The van der Waals surface area contributed by atoms with Gasteiger partial charge in [0, 0.05) is 35.1 Å². The number of hydrogen-bond donors (Lipinski definition) is 0. The van der Waals surface area contributed by atoms with Gasteiger partial charge in [-0.25, -0.2) is 0 Å². The Labute approximate surface area is 327 Å². The summed E-state index contributed by atoms with van der Waals surface area (Å²) in [4.78, 5) is 13.5. The first kappa shape index (κ1) is 40.4. The highest BCUT2D eigenvalue weighted by molar-refractivity contribution is 6.89. The van der Waals surface area contributed by atoms with Crippen molar-refractivity contribution in [1.82, 2.24) is 15.0 Å². The molecule has 4 aromatic carbocycles. The summed E-state index contributed by atoms with van der Waals surface area (Å²) in [6.45, 7) is 25.5. The van der Waals surface area contributed by atoms with Gasteiger partial charge < -0.3 is 0 Å². The Morgan fingerprint density at radius 3 is 1.56 bits per heavy atom. The van der Waals surface area contributed by atoms with Gasteiger partial charge in [-0.3, -0.25) is 15.0 Å². The molecule has 0 unspecified atom stereocenters. The van der Waals surface area contributed by atoms with Crippen LogP contribution in [0, 0.1) is 13.8 Å². The van der Waals surface area contributed by atoms with E-state index in [1.807, 2.05) is 24.7 Å². The van der Waals surface area contributed by atoms with Gasteiger partial charge in [0.15, 0.2) is 0 Å². The van der Waals surface area contributed by atoms with Crippen molar-refractivity contribution in [2.45, 2.75) is 72.8 Å². The van der Waals surface area contributed by atoms with Crippen LogP contribution in [0.15, 0.2) is 146 Å². The summed E-state index contributed by atoms with van der Waals surface area (Å²) in [5.41, 5.74) is 9.29. The first-order valence-electron chi connectivity index (χ1n) is 19.0. The quantitative estimate of drug-likeness (QED) is 0.159. The molecule has 0 spiro atoms. The lowest BCUT2D eigenvalue weighted by Crippen LogP contribution is -2.37. The summed E-state index contributed by atoms with van der Waals surface area (Å²) in [5, 5.41) is 6.93. The van der Waals surface area contributed by atoms with E-state index in [0.29, 0.717) is 0 Å². The number of benzene rings is 4. The van der Waals surface area contributed by atoms with Gasteiger partial charge >= 0.3 is 0 Å². The summed E-state index contributed by atoms with van der Waals surface area (Å²) in [6, 6.07) is 45.5. The van der Waals surface area contributed by atoms with Gasteiger partial charge in [0.1, 0.15) is 0 Å². The molecule has 0 aliphatic rings. The Morgan fingerprint density at radius 2 is 0.981 bits per heavy atom. The fraction of sp³-hybridized carbons (Fsp3) is 0.229. The van der Waals surface area contributed by atoms with Gasteiger partial charge in [0.05, 0.1) is 41.3 Å². The Morgan fingerprint density at radius 1 is 0.389 bits per heavy atom. The Bertz CT molecular complexity index is 2270. The summed E-state index contributed by atoms with van der Waals surface area (Å²) in [7, 11) is -3.66. The third-order valence-corrected chi connectivity index (χ3v) is 15.8. The second kappa shape index (κ2) is 17.1. The zero-order chi connectivity index (χ0) is 39.1. The standard InChI is InChI=1S/C18H19NSi.2C15H19NSi/c1-20(2,3)16-10-8-15(9-11-16)18-17-7-5-4-6-14(17)12-13-19-18;1-12-5-10-15(16-11-12)13-6-8-14(9-7-13)17(2,3)4;1-12-8-9-16-15(10-12)13-6-5-7-14(11-13)17(2,3)4/h4-13H,1-3H3;2*5-11H,1-4H3. The van der Waals surface area contributed by atoms with E-state index in [1.165, 1.54) is 54.1 Å². The molecule has 6 heteroatoms. The molecule has 0 bridgehead atoms. The summed E-state index contributed by atoms with van der Waals surface area (Å²) in [5.74, 6) is 0. The van der Waals surface area contributed by atoms with Crippen LogP contribution in [0.2, 0.25) is 58.9 Å². The molecule has 0 aliphatic heterocycles. The molecule has 0 atom stereocenters. The van der Waals surface area contributed by atoms with Crippen LogP contribution in [0.1, 0.15) is 11.1 Å². The second-order valence-electron chi connectivity index (χ2n) is 17.3. The Hall–Kier alpha value is -4.76. The van der Waals surface area contributed by atoms with E-state index in [0.717, 1.165) is 17.1 Å². The van der Waals surface area contributed by atoms with Gasteiger partial charge in [-0.2, -0.15) is 0 Å². The number of nitrogens with zero attached hydrogens (tertiary/aromatic N) is 3. The van der Waals surface area contributed by atoms with Crippen LogP contribution >= 0.6 is 0 Å². The van der Waals surface area contributed by atoms with Crippen LogP contribution in [-0.2, 0) is 0 Å². The first-order chi connectivity index (χ1) is 25.5. The predicted octanol–water partition coefficient (Wildman–Crippen LogP) is 11.7. The maximum absolute atomic E-state index is 4.58. The average Bonchev–Trinajstić information content (AvgIpc) is 3.15. The minimum absolute atomic E-state index is 1.05. The Balaban J connectivity index is 0.000000157. The zero-order valence-electron chi connectivity index (χ0n) is 34.2. The maximum atomic E-state index is 4.58. The number of hydrogen-bond acceptors (Lipinski definition) is 3. The Kier molecular flexibility index (Phi) is 12.8. The first-order valence-corrected chi connectivity index (χ1v) is 29.5. The molecule has 54 heavy (non-hydrogen) atoms. The molecule has 3 nitrogen and oxygen atoms in total. The van der Waals surface area contributed by atoms with Crippen molar-refractivity contribution in [3.8, 4) is 33.8 Å². The molecule has 276 valence electrons. The molecule has 7 aromatic rings. The third kappa shape index (κ3) is 10.9. The SMILES string of the molecule is C[Si](C)(C)c1ccc(-c2nccc3ccccc23)cc1.Cc1ccc(-c2ccc([Si](C)(C)C)cc2)nc1.Cc1ccnc(-c2cccc([Si](C)(C)C)c2)c1. The molecule has 7 rings (SSSR count). The van der Waals surface area contributed by atoms with Gasteiger partial charge in [0.25, 0.3) is 0 Å². The van der Waals surface area contributed by atoms with Crippen LogP contribution < -0.4 is 15.6 Å². The number of aromatic nitrogens is 3. The molecule has 0 fully saturated rings. The predicted molar refractivity (Wildman–Crippen MR) is 245 cm³/mol. The fourth-order valence-corrected chi connectivity index (χ4v) is 9.61. The van der Waals surface area contributed by atoms with Crippen molar-refractivity contribution in [2.75, 3.05) is 0 Å². The van der Waals surface area contributed by atoms with Crippen molar-refractivity contribution in [3.63, 3.8) is 0 Å². The number of fused-ring (bicyclic) bond motifs is 1. The van der Waals surface area contributed by atoms with Crippen molar-refractivity contribution >= 4 is 50.6 Å². The normalized spacial score (nSPS) is 11.6. The van der Waals surface area contributed by atoms with Gasteiger partial charge in [-0.15, -0.1) is 0 Å². The second-order valence-corrected chi connectivity index (χ2v) is 32.5. The van der Waals surface area contributed by atoms with Gasteiger partial charge in [-0.1, -0.05) is 178 Å². The van der Waals surface area contributed by atoms with Crippen LogP contribution in [0.25, 0.3) is 44.5 Å². The fourth-order valence-electron chi connectivity index (χ4n) is 6.10. The molecule has 0 saturated carbocycles. The van der Waals surface area contributed by atoms with E-state index in [9.17, 15) is 0 Å². The molecular weight excluding hydrogens is 703 g/mol. The topological polar surface area (TPSA) is 38.7 Å². The molecule has 0 aliphatic carbocycles. The van der Waals surface area contributed by atoms with E-state index in [4.69, 9.17) is 0 Å². The van der Waals surface area contributed by atoms with Gasteiger partial charge in [0.2, 0.25) is 0 Å². The highest BCUT2D eigenvalue weighted by atomic mass is 28.3. The van der Waals surface area contributed by atoms with E-state index in [-0.39, 0.29) is 0 Å². The minimum Gasteiger partial charge on any atom is -0.256 e. The number of rotatable bonds is 6. The van der Waals surface area contributed by atoms with E-state index < -0.39 is 24.2 Å². The lowest BCUT2D eigenvalue weighted by Gasteiger charge is -2.17. The van der Waals surface area contributed by atoms with Crippen molar-refractivity contribution < 1.29 is 0 Å². The molecule has 3 heterocycles. The highest BCUT2D eigenvalue weighted by Crippen LogP contribution is 2.26.